The molecule has 1 heterocycles. The number of nitrogens with one attached hydrogen (secondary N) is 1. The van der Waals surface area contributed by atoms with Gasteiger partial charge in [0.2, 0.25) is 5.91 Å². The van der Waals surface area contributed by atoms with Crippen LogP contribution in [0.25, 0.3) is 11.0 Å². The van der Waals surface area contributed by atoms with E-state index in [9.17, 15) is 13.2 Å². The van der Waals surface area contributed by atoms with Gasteiger partial charge in [0, 0.05) is 19.7 Å². The summed E-state index contributed by atoms with van der Waals surface area (Å²) in [7, 11) is -1.29. The number of nitrogens with zero attached hydrogens (tertiary/aromatic N) is 2. The third-order valence-corrected chi connectivity index (χ3v) is 6.72. The zero-order valence-electron chi connectivity index (χ0n) is 19.1. The number of fused-ring (bicyclic) bond motifs is 1. The molecule has 0 fully saturated rings. The van der Waals surface area contributed by atoms with Crippen molar-refractivity contribution in [1.82, 2.24) is 14.9 Å². The summed E-state index contributed by atoms with van der Waals surface area (Å²) in [5.41, 5.74) is 2.84. The maximum atomic E-state index is 12.8. The monoisotopic (exact) mass is 477 g/mol. The number of benzene rings is 3. The molecule has 0 aliphatic heterocycles. The van der Waals surface area contributed by atoms with Crippen LogP contribution in [0.1, 0.15) is 30.3 Å². The maximum absolute atomic E-state index is 12.8. The molecule has 0 aliphatic carbocycles. The molecule has 1 atom stereocenters. The van der Waals surface area contributed by atoms with Crippen LogP contribution in [0.5, 0.6) is 5.75 Å². The molecule has 0 bridgehead atoms. The minimum absolute atomic E-state index is 0.100. The van der Waals surface area contributed by atoms with Crippen molar-refractivity contribution in [2.45, 2.75) is 23.8 Å². The fourth-order valence-corrected chi connectivity index (χ4v) is 4.43. The topological polar surface area (TPSA) is 90.3 Å². The van der Waals surface area contributed by atoms with Gasteiger partial charge in [0.25, 0.3) is 0 Å². The van der Waals surface area contributed by atoms with Crippen LogP contribution in [0.3, 0.4) is 0 Å². The molecule has 176 valence electrons. The third kappa shape index (κ3) is 5.46. The number of hydrogen-bond acceptors (Lipinski definition) is 5. The van der Waals surface area contributed by atoms with Gasteiger partial charge in [-0.3, -0.25) is 4.79 Å². The van der Waals surface area contributed by atoms with Crippen LogP contribution in [0.15, 0.2) is 83.8 Å². The van der Waals surface area contributed by atoms with Crippen molar-refractivity contribution in [1.29, 1.82) is 0 Å². The van der Waals surface area contributed by atoms with Crippen molar-refractivity contribution in [3.05, 3.63) is 90.3 Å². The van der Waals surface area contributed by atoms with Gasteiger partial charge in [-0.25, -0.2) is 13.4 Å². The van der Waals surface area contributed by atoms with E-state index in [0.717, 1.165) is 28.7 Å². The zero-order valence-corrected chi connectivity index (χ0v) is 20.0. The van der Waals surface area contributed by atoms with Gasteiger partial charge < -0.3 is 14.6 Å². The highest BCUT2D eigenvalue weighted by Crippen LogP contribution is 2.25. The van der Waals surface area contributed by atoms with Crippen molar-refractivity contribution >= 4 is 26.8 Å². The quantitative estimate of drug-likeness (QED) is 0.368. The summed E-state index contributed by atoms with van der Waals surface area (Å²) in [5, 5.41) is 3.13. The molecule has 0 spiro atoms. The van der Waals surface area contributed by atoms with Crippen molar-refractivity contribution in [3.63, 3.8) is 0 Å². The standard InChI is InChI=1S/C26H27N3O4S/c1-29-23-12-7-6-11-22(23)27-26(29)25(19-9-4-3-5-10-19)28-24(30)13-8-18-33-20-14-16-21(17-15-20)34(2,31)32/h3-7,9-12,14-17,25H,8,13,18H2,1-2H3,(H,28,30). The number of rotatable bonds is 9. The summed E-state index contributed by atoms with van der Waals surface area (Å²) < 4.78 is 30.8. The molecule has 0 saturated carbocycles. The number of imidazole rings is 1. The van der Waals surface area contributed by atoms with E-state index in [4.69, 9.17) is 9.72 Å². The third-order valence-electron chi connectivity index (χ3n) is 5.59. The van der Waals surface area contributed by atoms with E-state index in [1.54, 1.807) is 12.1 Å². The second-order valence-electron chi connectivity index (χ2n) is 8.12. The zero-order chi connectivity index (χ0) is 24.1. The first kappa shape index (κ1) is 23.5. The molecule has 1 aromatic heterocycles. The summed E-state index contributed by atoms with van der Waals surface area (Å²) in [6, 6.07) is 23.6. The fourth-order valence-electron chi connectivity index (χ4n) is 3.80. The van der Waals surface area contributed by atoms with Crippen LogP contribution in [-0.2, 0) is 21.7 Å². The van der Waals surface area contributed by atoms with Crippen molar-refractivity contribution in [2.75, 3.05) is 12.9 Å². The number of aromatic nitrogens is 2. The largest absolute Gasteiger partial charge is 0.494 e. The van der Waals surface area contributed by atoms with Crippen LogP contribution in [0, 0.1) is 0 Å². The Morgan fingerprint density at radius 1 is 1.00 bits per heavy atom. The van der Waals surface area contributed by atoms with E-state index < -0.39 is 9.84 Å². The Kier molecular flexibility index (Phi) is 6.98. The summed E-state index contributed by atoms with van der Waals surface area (Å²) >= 11 is 0. The Labute approximate surface area is 199 Å². The molecule has 0 radical (unpaired) electrons. The Morgan fingerprint density at radius 3 is 2.35 bits per heavy atom. The molecule has 7 nitrogen and oxygen atoms in total. The van der Waals surface area contributed by atoms with Crippen LogP contribution in [0.4, 0.5) is 0 Å². The molecule has 1 unspecified atom stereocenters. The first-order valence-electron chi connectivity index (χ1n) is 11.0. The molecule has 0 saturated heterocycles. The summed E-state index contributed by atoms with van der Waals surface area (Å²) in [6.07, 6.45) is 1.97. The number of carbonyl (C=O) groups excluding carboxylic acids is 1. The first-order chi connectivity index (χ1) is 16.3. The number of ether oxygens (including phenoxy) is 1. The van der Waals surface area contributed by atoms with Crippen LogP contribution >= 0.6 is 0 Å². The minimum Gasteiger partial charge on any atom is -0.494 e. The molecule has 4 rings (SSSR count). The van der Waals surface area contributed by atoms with Gasteiger partial charge >= 0.3 is 0 Å². The predicted octanol–water partition coefficient (Wildman–Crippen LogP) is 4.04. The molecule has 3 aromatic carbocycles. The Morgan fingerprint density at radius 2 is 1.68 bits per heavy atom. The number of hydrogen-bond donors (Lipinski definition) is 1. The lowest BCUT2D eigenvalue weighted by molar-refractivity contribution is -0.121. The molecular weight excluding hydrogens is 450 g/mol. The van der Waals surface area contributed by atoms with Crippen molar-refractivity contribution in [2.24, 2.45) is 7.05 Å². The predicted molar refractivity (Wildman–Crippen MR) is 131 cm³/mol. The second-order valence-corrected chi connectivity index (χ2v) is 10.1. The number of amides is 1. The lowest BCUT2D eigenvalue weighted by atomic mass is 10.1. The maximum Gasteiger partial charge on any atom is 0.220 e. The van der Waals surface area contributed by atoms with Gasteiger partial charge in [-0.05, 0) is 48.4 Å². The van der Waals surface area contributed by atoms with Gasteiger partial charge in [-0.15, -0.1) is 0 Å². The van der Waals surface area contributed by atoms with Crippen molar-refractivity contribution < 1.29 is 17.9 Å². The van der Waals surface area contributed by atoms with Gasteiger partial charge in [0.05, 0.1) is 22.5 Å². The average Bonchev–Trinajstić information content (AvgIpc) is 3.17. The van der Waals surface area contributed by atoms with Crippen LogP contribution in [-0.4, -0.2) is 36.7 Å². The average molecular weight is 478 g/mol. The number of carbonyl (C=O) groups is 1. The number of aryl methyl sites for hydroxylation is 1. The highest BCUT2D eigenvalue weighted by Gasteiger charge is 2.22. The van der Waals surface area contributed by atoms with Gasteiger partial charge in [-0.1, -0.05) is 42.5 Å². The Bertz CT molecular complexity index is 1380. The lowest BCUT2D eigenvalue weighted by Gasteiger charge is -2.19. The lowest BCUT2D eigenvalue weighted by Crippen LogP contribution is -2.31. The van der Waals surface area contributed by atoms with E-state index in [-0.39, 0.29) is 23.3 Å². The molecule has 1 N–H and O–H groups in total. The molecule has 1 amide bonds. The molecule has 8 heteroatoms. The van der Waals surface area contributed by atoms with E-state index in [2.05, 4.69) is 5.32 Å². The summed E-state index contributed by atoms with van der Waals surface area (Å²) in [6.45, 7) is 0.341. The van der Waals surface area contributed by atoms with Gasteiger partial charge in [0.1, 0.15) is 17.6 Å². The summed E-state index contributed by atoms with van der Waals surface area (Å²) in [5.74, 6) is 1.23. The van der Waals surface area contributed by atoms with Crippen LogP contribution < -0.4 is 10.1 Å². The Hall–Kier alpha value is -3.65. The van der Waals surface area contributed by atoms with Crippen molar-refractivity contribution in [3.8, 4) is 5.75 Å². The molecule has 4 aromatic rings. The van der Waals surface area contributed by atoms with E-state index in [0.29, 0.717) is 18.8 Å². The highest BCUT2D eigenvalue weighted by molar-refractivity contribution is 7.90. The molecule has 34 heavy (non-hydrogen) atoms. The van der Waals surface area contributed by atoms with Crippen LogP contribution in [0.2, 0.25) is 0 Å². The van der Waals surface area contributed by atoms with E-state index in [1.807, 2.05) is 66.2 Å². The number of para-hydroxylation sites is 2. The van der Waals surface area contributed by atoms with Gasteiger partial charge in [-0.2, -0.15) is 0 Å². The smallest absolute Gasteiger partial charge is 0.220 e. The fraction of sp³-hybridized carbons (Fsp3) is 0.231. The second kappa shape index (κ2) is 10.1. The van der Waals surface area contributed by atoms with E-state index >= 15 is 0 Å². The molecular formula is C26H27N3O4S. The first-order valence-corrected chi connectivity index (χ1v) is 12.9. The summed E-state index contributed by atoms with van der Waals surface area (Å²) in [4.78, 5) is 17.8. The van der Waals surface area contributed by atoms with E-state index in [1.165, 1.54) is 12.1 Å². The highest BCUT2D eigenvalue weighted by atomic mass is 32.2. The Balaban J connectivity index is 1.40. The molecule has 0 aliphatic rings. The SMILES string of the molecule is Cn1c(C(NC(=O)CCCOc2ccc(S(C)(=O)=O)cc2)c2ccccc2)nc2ccccc21. The number of sulfone groups is 1. The van der Waals surface area contributed by atoms with Gasteiger partial charge in [0.15, 0.2) is 9.84 Å². The normalized spacial score (nSPS) is 12.4. The minimum atomic E-state index is -3.24.